The van der Waals surface area contributed by atoms with Crippen molar-refractivity contribution in [1.82, 2.24) is 30.4 Å². The number of rotatable bonds is 7. The van der Waals surface area contributed by atoms with Gasteiger partial charge in [0.15, 0.2) is 0 Å². The van der Waals surface area contributed by atoms with Crippen molar-refractivity contribution in [2.45, 2.75) is 22.1 Å². The molecule has 30 heavy (non-hydrogen) atoms. The molecule has 2 aliphatic heterocycles. The monoisotopic (exact) mass is 494 g/mol. The maximum Gasteiger partial charge on any atom is 1.00 e. The molecule has 0 aromatic carbocycles. The second-order valence-electron chi connectivity index (χ2n) is 5.82. The fraction of sp³-hybridized carbons (Fsp3) is 0.538. The summed E-state index contributed by atoms with van der Waals surface area (Å²) >= 11 is 1.93. The van der Waals surface area contributed by atoms with E-state index in [9.17, 15) is 32.7 Å². The SMILES string of the molecule is Cn1nnnc1SCC1=C(C(=O)O)N2C(=O)[C@@H](NC(=O)CSC(F)(F)F)[C@H]2SC1.[H-].[Na+]. The number of aromatic nitrogens is 4. The summed E-state index contributed by atoms with van der Waals surface area (Å²) < 4.78 is 38.0. The van der Waals surface area contributed by atoms with E-state index in [2.05, 4.69) is 20.8 Å². The Bertz CT molecular complexity index is 889. The topological polar surface area (TPSA) is 130 Å². The second-order valence-corrected chi connectivity index (χ2v) is 8.91. The predicted molar refractivity (Wildman–Crippen MR) is 98.8 cm³/mol. The molecule has 0 saturated carbocycles. The van der Waals surface area contributed by atoms with Gasteiger partial charge in [-0.2, -0.15) is 13.2 Å². The Hall–Kier alpha value is -0.940. The average molecular weight is 494 g/mol. The molecule has 1 aromatic heterocycles. The molecule has 160 valence electrons. The number of fused-ring (bicyclic) bond motifs is 1. The van der Waals surface area contributed by atoms with Crippen molar-refractivity contribution < 1.29 is 63.6 Å². The summed E-state index contributed by atoms with van der Waals surface area (Å²) in [5, 5.41) is 22.6. The Morgan fingerprint density at radius 1 is 1.43 bits per heavy atom. The van der Waals surface area contributed by atoms with Gasteiger partial charge in [-0.05, 0) is 27.8 Å². The Morgan fingerprint density at radius 3 is 2.70 bits per heavy atom. The first-order chi connectivity index (χ1) is 13.6. The van der Waals surface area contributed by atoms with Crippen LogP contribution >= 0.6 is 35.3 Å². The van der Waals surface area contributed by atoms with Gasteiger partial charge in [-0.3, -0.25) is 14.5 Å². The first kappa shape index (κ1) is 25.3. The molecule has 10 nitrogen and oxygen atoms in total. The number of thioether (sulfide) groups is 3. The predicted octanol–water partition coefficient (Wildman–Crippen LogP) is -2.59. The summed E-state index contributed by atoms with van der Waals surface area (Å²) in [6.45, 7) is 0. The van der Waals surface area contributed by atoms with Gasteiger partial charge >= 0.3 is 41.0 Å². The molecule has 2 N–H and O–H groups in total. The third-order valence-electron chi connectivity index (χ3n) is 3.89. The molecule has 1 aromatic rings. The first-order valence-electron chi connectivity index (χ1n) is 7.83. The van der Waals surface area contributed by atoms with Gasteiger partial charge in [0.05, 0.1) is 5.75 Å². The zero-order valence-corrected chi connectivity index (χ0v) is 20.0. The van der Waals surface area contributed by atoms with Crippen molar-refractivity contribution in [3.63, 3.8) is 0 Å². The zero-order chi connectivity index (χ0) is 21.3. The normalized spacial score (nSPS) is 20.9. The molecule has 0 unspecified atom stereocenters. The van der Waals surface area contributed by atoms with E-state index in [1.807, 2.05) is 0 Å². The van der Waals surface area contributed by atoms with E-state index in [1.165, 1.54) is 28.2 Å². The summed E-state index contributed by atoms with van der Waals surface area (Å²) in [5.41, 5.74) is -4.26. The third-order valence-corrected chi connectivity index (χ3v) is 7.06. The quantitative estimate of drug-likeness (QED) is 0.237. The van der Waals surface area contributed by atoms with E-state index < -0.39 is 52.2 Å². The van der Waals surface area contributed by atoms with Crippen LogP contribution in [0.15, 0.2) is 16.4 Å². The van der Waals surface area contributed by atoms with Gasteiger partial charge in [0.2, 0.25) is 11.1 Å². The van der Waals surface area contributed by atoms with Gasteiger partial charge in [0, 0.05) is 18.6 Å². The van der Waals surface area contributed by atoms with Crippen molar-refractivity contribution >= 4 is 53.1 Å². The molecule has 1 saturated heterocycles. The van der Waals surface area contributed by atoms with Crippen LogP contribution in [0.4, 0.5) is 13.2 Å². The van der Waals surface area contributed by atoms with Gasteiger partial charge in [-0.1, -0.05) is 11.8 Å². The standard InChI is InChI=1S/C13H13F3N6O4S3.Na.H/c1-21-12(18-19-20-21)28-3-5-2-27-10-7(9(24)22(10)8(5)11(25)26)17-6(23)4-29-13(14,15)16;;/h7,10H,2-4H2,1H3,(H,17,23)(H,25,26);;/q;+1;-1/t7-,10-;;/m1../s1. The number of halogens is 3. The number of nitrogens with one attached hydrogen (secondary N) is 1. The molecule has 0 aliphatic carbocycles. The van der Waals surface area contributed by atoms with E-state index in [-0.39, 0.29) is 48.2 Å². The molecule has 2 atom stereocenters. The number of β-lactam (4-membered cyclic amide) rings is 1. The average Bonchev–Trinajstić information content (AvgIpc) is 3.06. The number of aryl methyl sites for hydroxylation is 1. The van der Waals surface area contributed by atoms with E-state index in [4.69, 9.17) is 0 Å². The number of carbonyl (C=O) groups excluding carboxylic acids is 2. The molecule has 2 aliphatic rings. The number of aliphatic carboxylic acids is 1. The minimum Gasteiger partial charge on any atom is -1.00 e. The summed E-state index contributed by atoms with van der Waals surface area (Å²) in [6, 6.07) is -1.06. The van der Waals surface area contributed by atoms with Crippen LogP contribution < -0.4 is 34.9 Å². The fourth-order valence-electron chi connectivity index (χ4n) is 2.65. The van der Waals surface area contributed by atoms with E-state index in [0.29, 0.717) is 10.7 Å². The maximum absolute atomic E-state index is 12.4. The molecule has 3 rings (SSSR count). The number of alkyl halides is 3. The third kappa shape index (κ3) is 5.64. The Balaban J connectivity index is 0.00000240. The molecule has 3 heterocycles. The largest absolute Gasteiger partial charge is 1.00 e. The smallest absolute Gasteiger partial charge is 1.00 e. The molecule has 0 bridgehead atoms. The molecule has 0 radical (unpaired) electrons. The summed E-state index contributed by atoms with van der Waals surface area (Å²) in [7, 11) is 1.63. The number of tetrazole rings is 1. The number of amides is 2. The maximum atomic E-state index is 12.4. The first-order valence-corrected chi connectivity index (χ1v) is 10.9. The van der Waals surface area contributed by atoms with Crippen molar-refractivity contribution in [3.05, 3.63) is 11.3 Å². The van der Waals surface area contributed by atoms with Gasteiger partial charge in [0.1, 0.15) is 17.1 Å². The van der Waals surface area contributed by atoms with Gasteiger partial charge < -0.3 is 11.8 Å². The minimum atomic E-state index is -4.56. The molecular weight excluding hydrogens is 480 g/mol. The van der Waals surface area contributed by atoms with Crippen LogP contribution in [0.5, 0.6) is 0 Å². The van der Waals surface area contributed by atoms with Crippen molar-refractivity contribution in [2.75, 3.05) is 17.3 Å². The molecule has 1 fully saturated rings. The van der Waals surface area contributed by atoms with Crippen LogP contribution in [0.2, 0.25) is 0 Å². The minimum absolute atomic E-state index is 0. The van der Waals surface area contributed by atoms with Gasteiger partial charge in [-0.15, -0.1) is 16.9 Å². The van der Waals surface area contributed by atoms with Crippen molar-refractivity contribution in [1.29, 1.82) is 0 Å². The Morgan fingerprint density at radius 2 is 2.13 bits per heavy atom. The van der Waals surface area contributed by atoms with Crippen LogP contribution in [0.3, 0.4) is 0 Å². The Labute approximate surface area is 203 Å². The molecule has 17 heteroatoms. The van der Waals surface area contributed by atoms with Crippen LogP contribution in [0.25, 0.3) is 0 Å². The molecule has 0 spiro atoms. The number of carboxylic acids is 1. The molecule has 2 amide bonds. The second kappa shape index (κ2) is 10.1. The summed E-state index contributed by atoms with van der Waals surface area (Å²) in [6.07, 6.45) is 0. The van der Waals surface area contributed by atoms with Crippen LogP contribution in [-0.4, -0.2) is 82.2 Å². The zero-order valence-electron chi connectivity index (χ0n) is 16.5. The number of hydrogen-bond donors (Lipinski definition) is 2. The van der Waals surface area contributed by atoms with E-state index >= 15 is 0 Å². The van der Waals surface area contributed by atoms with Crippen molar-refractivity contribution in [2.24, 2.45) is 7.05 Å². The van der Waals surface area contributed by atoms with Crippen LogP contribution in [0, 0.1) is 0 Å². The number of carbonyl (C=O) groups is 3. The number of carboxylic acid groups (broad SMARTS) is 1. The Kier molecular flexibility index (Phi) is 8.54. The summed E-state index contributed by atoms with van der Waals surface area (Å²) in [4.78, 5) is 36.9. The summed E-state index contributed by atoms with van der Waals surface area (Å²) in [5.74, 6) is -3.28. The van der Waals surface area contributed by atoms with Gasteiger partial charge in [0.25, 0.3) is 5.91 Å². The van der Waals surface area contributed by atoms with Gasteiger partial charge in [-0.25, -0.2) is 9.48 Å². The van der Waals surface area contributed by atoms with E-state index in [1.54, 1.807) is 7.05 Å². The molecular formula is C13H14F3N6NaO4S3. The van der Waals surface area contributed by atoms with Crippen molar-refractivity contribution in [3.8, 4) is 0 Å². The van der Waals surface area contributed by atoms with Crippen LogP contribution in [-0.2, 0) is 21.4 Å². The van der Waals surface area contributed by atoms with E-state index in [0.717, 1.165) is 4.90 Å². The number of hydrogen-bond acceptors (Lipinski definition) is 9. The number of nitrogens with zero attached hydrogens (tertiary/aromatic N) is 5. The fourth-order valence-corrected chi connectivity index (χ4v) is 5.37. The van der Waals surface area contributed by atoms with Crippen LogP contribution in [0.1, 0.15) is 1.43 Å².